The third-order valence-electron chi connectivity index (χ3n) is 3.12. The maximum Gasteiger partial charge on any atom is 0.0967 e. The van der Waals surface area contributed by atoms with Crippen molar-refractivity contribution in [1.29, 1.82) is 0 Å². The Bertz CT molecular complexity index is 509. The monoisotopic (exact) mass is 243 g/mol. The van der Waals surface area contributed by atoms with E-state index in [0.717, 1.165) is 12.2 Å². The van der Waals surface area contributed by atoms with Crippen molar-refractivity contribution in [2.45, 2.75) is 26.3 Å². The first-order valence-electron chi connectivity index (χ1n) is 6.39. The Morgan fingerprint density at radius 3 is 2.44 bits per heavy atom. The van der Waals surface area contributed by atoms with Gasteiger partial charge in [-0.1, -0.05) is 38.1 Å². The zero-order valence-electron chi connectivity index (χ0n) is 11.6. The van der Waals surface area contributed by atoms with E-state index in [9.17, 15) is 0 Å². The van der Waals surface area contributed by atoms with Crippen molar-refractivity contribution in [3.8, 4) is 11.3 Å². The molecule has 0 unspecified atom stereocenters. The molecule has 3 heteroatoms. The summed E-state index contributed by atoms with van der Waals surface area (Å²) in [5, 5.41) is 7.73. The van der Waals surface area contributed by atoms with E-state index >= 15 is 0 Å². The van der Waals surface area contributed by atoms with Crippen LogP contribution in [-0.4, -0.2) is 16.8 Å². The van der Waals surface area contributed by atoms with Crippen LogP contribution in [-0.2, 0) is 13.6 Å². The fraction of sp³-hybridized carbons (Fsp3) is 0.400. The van der Waals surface area contributed by atoms with E-state index in [0.29, 0.717) is 5.92 Å². The van der Waals surface area contributed by atoms with Gasteiger partial charge in [0, 0.05) is 30.9 Å². The lowest BCUT2D eigenvalue weighted by Crippen LogP contribution is -2.05. The molecule has 96 valence electrons. The van der Waals surface area contributed by atoms with Crippen molar-refractivity contribution >= 4 is 0 Å². The van der Waals surface area contributed by atoms with Crippen LogP contribution in [0.15, 0.2) is 30.5 Å². The van der Waals surface area contributed by atoms with Gasteiger partial charge in [0.05, 0.1) is 5.69 Å². The summed E-state index contributed by atoms with van der Waals surface area (Å²) in [6.45, 7) is 5.26. The summed E-state index contributed by atoms with van der Waals surface area (Å²) in [5.41, 5.74) is 4.86. The van der Waals surface area contributed by atoms with Crippen LogP contribution in [0.5, 0.6) is 0 Å². The van der Waals surface area contributed by atoms with E-state index in [-0.39, 0.29) is 0 Å². The molecule has 0 spiro atoms. The fourth-order valence-corrected chi connectivity index (χ4v) is 2.13. The van der Waals surface area contributed by atoms with E-state index in [1.807, 2.05) is 18.8 Å². The number of nitrogens with one attached hydrogen (secondary N) is 1. The zero-order chi connectivity index (χ0) is 13.1. The van der Waals surface area contributed by atoms with Crippen molar-refractivity contribution in [1.82, 2.24) is 15.1 Å². The molecule has 18 heavy (non-hydrogen) atoms. The molecule has 3 nitrogen and oxygen atoms in total. The van der Waals surface area contributed by atoms with E-state index in [2.05, 4.69) is 54.7 Å². The van der Waals surface area contributed by atoms with Gasteiger partial charge >= 0.3 is 0 Å². The van der Waals surface area contributed by atoms with Crippen molar-refractivity contribution in [2.75, 3.05) is 7.05 Å². The summed E-state index contributed by atoms with van der Waals surface area (Å²) in [6, 6.07) is 8.71. The molecule has 2 rings (SSSR count). The fourth-order valence-electron chi connectivity index (χ4n) is 2.13. The van der Waals surface area contributed by atoms with Gasteiger partial charge in [-0.2, -0.15) is 5.10 Å². The molecule has 0 aliphatic carbocycles. The first-order chi connectivity index (χ1) is 8.61. The summed E-state index contributed by atoms with van der Waals surface area (Å²) >= 11 is 0. The third kappa shape index (κ3) is 2.62. The standard InChI is InChI=1S/C15H21N3/c1-11(2)12-5-7-13(8-6-12)15-14(9-16-3)10-18(4)17-15/h5-8,10-11,16H,9H2,1-4H3. The van der Waals surface area contributed by atoms with Crippen molar-refractivity contribution < 1.29 is 0 Å². The van der Waals surface area contributed by atoms with Gasteiger partial charge in [0.25, 0.3) is 0 Å². The van der Waals surface area contributed by atoms with Gasteiger partial charge in [0.2, 0.25) is 0 Å². The topological polar surface area (TPSA) is 29.9 Å². The highest BCUT2D eigenvalue weighted by Crippen LogP contribution is 2.24. The van der Waals surface area contributed by atoms with Gasteiger partial charge in [-0.3, -0.25) is 4.68 Å². The molecule has 1 aromatic carbocycles. The Balaban J connectivity index is 2.35. The van der Waals surface area contributed by atoms with Crippen LogP contribution < -0.4 is 5.32 Å². The van der Waals surface area contributed by atoms with Crippen molar-refractivity contribution in [3.05, 3.63) is 41.6 Å². The van der Waals surface area contributed by atoms with Crippen LogP contribution in [0.4, 0.5) is 0 Å². The maximum atomic E-state index is 4.55. The van der Waals surface area contributed by atoms with Crippen molar-refractivity contribution in [2.24, 2.45) is 7.05 Å². The first-order valence-corrected chi connectivity index (χ1v) is 6.39. The van der Waals surface area contributed by atoms with Crippen molar-refractivity contribution in [3.63, 3.8) is 0 Å². The molecule has 0 atom stereocenters. The number of nitrogens with zero attached hydrogens (tertiary/aromatic N) is 2. The molecule has 0 fully saturated rings. The van der Waals surface area contributed by atoms with E-state index in [1.165, 1.54) is 16.7 Å². The van der Waals surface area contributed by atoms with Crippen LogP contribution in [0, 0.1) is 0 Å². The van der Waals surface area contributed by atoms with Gasteiger partial charge in [0.15, 0.2) is 0 Å². The average molecular weight is 243 g/mol. The largest absolute Gasteiger partial charge is 0.316 e. The molecule has 0 amide bonds. The summed E-state index contributed by atoms with van der Waals surface area (Å²) in [5.74, 6) is 0.569. The minimum Gasteiger partial charge on any atom is -0.316 e. The molecular weight excluding hydrogens is 222 g/mol. The first kappa shape index (κ1) is 12.8. The van der Waals surface area contributed by atoms with Gasteiger partial charge in [-0.25, -0.2) is 0 Å². The third-order valence-corrected chi connectivity index (χ3v) is 3.12. The molecule has 0 aliphatic heterocycles. The summed E-state index contributed by atoms with van der Waals surface area (Å²) in [6.07, 6.45) is 2.07. The number of benzene rings is 1. The second kappa shape index (κ2) is 5.36. The predicted octanol–water partition coefficient (Wildman–Crippen LogP) is 2.93. The predicted molar refractivity (Wildman–Crippen MR) is 75.5 cm³/mol. The van der Waals surface area contributed by atoms with E-state index in [4.69, 9.17) is 0 Å². The van der Waals surface area contributed by atoms with E-state index in [1.54, 1.807) is 0 Å². The summed E-state index contributed by atoms with van der Waals surface area (Å²) in [7, 11) is 3.92. The highest BCUT2D eigenvalue weighted by molar-refractivity contribution is 5.63. The smallest absolute Gasteiger partial charge is 0.0967 e. The molecule has 0 saturated heterocycles. The van der Waals surface area contributed by atoms with Gasteiger partial charge in [-0.15, -0.1) is 0 Å². The number of hydrogen-bond donors (Lipinski definition) is 1. The highest BCUT2D eigenvalue weighted by atomic mass is 15.3. The Morgan fingerprint density at radius 2 is 1.89 bits per heavy atom. The lowest BCUT2D eigenvalue weighted by molar-refractivity contribution is 0.765. The van der Waals surface area contributed by atoms with Gasteiger partial charge in [-0.05, 0) is 18.5 Å². The van der Waals surface area contributed by atoms with Crippen LogP contribution in [0.2, 0.25) is 0 Å². The quantitative estimate of drug-likeness (QED) is 0.894. The number of aryl methyl sites for hydroxylation is 1. The van der Waals surface area contributed by atoms with Crippen LogP contribution in [0.1, 0.15) is 30.9 Å². The minimum atomic E-state index is 0.569. The van der Waals surface area contributed by atoms with Crippen LogP contribution in [0.25, 0.3) is 11.3 Å². The number of rotatable bonds is 4. The average Bonchev–Trinajstić information content (AvgIpc) is 2.71. The lowest BCUT2D eigenvalue weighted by atomic mass is 10.00. The molecule has 1 heterocycles. The number of aromatic nitrogens is 2. The van der Waals surface area contributed by atoms with Crippen LogP contribution >= 0.6 is 0 Å². The Morgan fingerprint density at radius 1 is 1.22 bits per heavy atom. The SMILES string of the molecule is CNCc1cn(C)nc1-c1ccc(C(C)C)cc1. The van der Waals surface area contributed by atoms with E-state index < -0.39 is 0 Å². The summed E-state index contributed by atoms with van der Waals surface area (Å²) < 4.78 is 1.87. The van der Waals surface area contributed by atoms with Gasteiger partial charge in [0.1, 0.15) is 0 Å². The van der Waals surface area contributed by atoms with Crippen LogP contribution in [0.3, 0.4) is 0 Å². The zero-order valence-corrected chi connectivity index (χ0v) is 11.6. The number of hydrogen-bond acceptors (Lipinski definition) is 2. The summed E-state index contributed by atoms with van der Waals surface area (Å²) in [4.78, 5) is 0. The second-order valence-electron chi connectivity index (χ2n) is 4.98. The lowest BCUT2D eigenvalue weighted by Gasteiger charge is -2.06. The molecule has 0 saturated carbocycles. The molecule has 2 aromatic rings. The second-order valence-corrected chi connectivity index (χ2v) is 4.98. The molecule has 1 aromatic heterocycles. The Hall–Kier alpha value is -1.61. The molecule has 0 radical (unpaired) electrons. The maximum absolute atomic E-state index is 4.55. The molecule has 0 bridgehead atoms. The highest BCUT2D eigenvalue weighted by Gasteiger charge is 2.09. The van der Waals surface area contributed by atoms with Gasteiger partial charge < -0.3 is 5.32 Å². The molecule has 1 N–H and O–H groups in total. The molecule has 0 aliphatic rings. The normalized spacial score (nSPS) is 11.2. The Kier molecular flexibility index (Phi) is 3.82. The Labute approximate surface area is 109 Å². The minimum absolute atomic E-state index is 0.569. The molecular formula is C15H21N3.